The maximum atomic E-state index is 12.3. The Morgan fingerprint density at radius 2 is 2.09 bits per heavy atom. The van der Waals surface area contributed by atoms with Crippen molar-refractivity contribution in [3.8, 4) is 0 Å². The first-order valence-corrected chi connectivity index (χ1v) is 8.33. The number of nitrogens with zero attached hydrogens (tertiary/aromatic N) is 2. The lowest BCUT2D eigenvalue weighted by molar-refractivity contribution is -0.182. The van der Waals surface area contributed by atoms with Gasteiger partial charge in [-0.1, -0.05) is 42.0 Å². The number of likely N-dealkylation sites (tertiary alicyclic amines) is 1. The van der Waals surface area contributed by atoms with E-state index in [1.54, 1.807) is 0 Å². The molecule has 2 heterocycles. The van der Waals surface area contributed by atoms with E-state index in [0.717, 1.165) is 26.1 Å². The lowest BCUT2D eigenvalue weighted by Gasteiger charge is -2.54. The Labute approximate surface area is 138 Å². The number of hydrogen-bond donors (Lipinski definition) is 0. The number of hydrogen-bond acceptors (Lipinski definition) is 3. The molecule has 2 aliphatic rings. The van der Waals surface area contributed by atoms with Gasteiger partial charge >= 0.3 is 0 Å². The summed E-state index contributed by atoms with van der Waals surface area (Å²) in [5, 5.41) is 0. The molecule has 1 aromatic carbocycles. The van der Waals surface area contributed by atoms with E-state index in [2.05, 4.69) is 37.0 Å². The number of ether oxygens (including phenoxy) is 1. The van der Waals surface area contributed by atoms with E-state index < -0.39 is 0 Å². The van der Waals surface area contributed by atoms with Gasteiger partial charge in [0.05, 0.1) is 11.6 Å². The van der Waals surface area contributed by atoms with Gasteiger partial charge in [0.25, 0.3) is 0 Å². The van der Waals surface area contributed by atoms with Crippen molar-refractivity contribution in [1.29, 1.82) is 0 Å². The summed E-state index contributed by atoms with van der Waals surface area (Å²) in [6.45, 7) is 7.22. The number of carbonyl (C=O) groups is 1. The van der Waals surface area contributed by atoms with E-state index in [1.165, 1.54) is 11.1 Å². The van der Waals surface area contributed by atoms with Crippen molar-refractivity contribution in [3.63, 3.8) is 0 Å². The lowest BCUT2D eigenvalue weighted by Crippen LogP contribution is -2.66. The maximum absolute atomic E-state index is 12.3. The van der Waals surface area contributed by atoms with Gasteiger partial charge in [-0.15, -0.1) is 0 Å². The van der Waals surface area contributed by atoms with Gasteiger partial charge in [0, 0.05) is 26.7 Å². The van der Waals surface area contributed by atoms with Crippen LogP contribution in [0, 0.1) is 0 Å². The summed E-state index contributed by atoms with van der Waals surface area (Å²) in [6, 6.07) is 10.4. The third kappa shape index (κ3) is 2.93. The molecule has 124 valence electrons. The number of benzene rings is 1. The molecule has 0 saturated carbocycles. The minimum absolute atomic E-state index is 0.0203. The van der Waals surface area contributed by atoms with Gasteiger partial charge < -0.3 is 9.64 Å². The first-order valence-electron chi connectivity index (χ1n) is 8.33. The van der Waals surface area contributed by atoms with Crippen LogP contribution in [0.1, 0.15) is 25.8 Å². The molecular formula is C19H26N2O2. The Morgan fingerprint density at radius 3 is 2.78 bits per heavy atom. The Kier molecular flexibility index (Phi) is 4.55. The first-order chi connectivity index (χ1) is 11.0. The SMILES string of the molecule is CC(C)=CCN1CC[C@]2(c3ccccc3)[C@@H](C1)OCC(=O)N2C. The second-order valence-corrected chi connectivity index (χ2v) is 6.83. The highest BCUT2D eigenvalue weighted by atomic mass is 16.5. The van der Waals surface area contributed by atoms with E-state index in [4.69, 9.17) is 4.74 Å². The van der Waals surface area contributed by atoms with Crippen molar-refractivity contribution in [2.75, 3.05) is 33.3 Å². The summed E-state index contributed by atoms with van der Waals surface area (Å²) in [5.74, 6) is 0.0721. The third-order valence-electron chi connectivity index (χ3n) is 5.18. The highest BCUT2D eigenvalue weighted by Gasteiger charge is 2.52. The number of rotatable bonds is 3. The van der Waals surface area contributed by atoms with Crippen molar-refractivity contribution >= 4 is 5.91 Å². The molecule has 23 heavy (non-hydrogen) atoms. The molecule has 0 N–H and O–H groups in total. The minimum Gasteiger partial charge on any atom is -0.364 e. The Morgan fingerprint density at radius 1 is 1.35 bits per heavy atom. The molecule has 2 fully saturated rings. The summed E-state index contributed by atoms with van der Waals surface area (Å²) in [5.41, 5.74) is 2.18. The van der Waals surface area contributed by atoms with Crippen LogP contribution < -0.4 is 0 Å². The molecule has 4 nitrogen and oxygen atoms in total. The van der Waals surface area contributed by atoms with E-state index in [9.17, 15) is 4.79 Å². The average Bonchev–Trinajstić information content (AvgIpc) is 2.57. The van der Waals surface area contributed by atoms with Crippen LogP contribution in [0.25, 0.3) is 0 Å². The van der Waals surface area contributed by atoms with Gasteiger partial charge in [-0.05, 0) is 25.8 Å². The molecule has 2 atom stereocenters. The van der Waals surface area contributed by atoms with E-state index >= 15 is 0 Å². The number of allylic oxidation sites excluding steroid dienone is 1. The summed E-state index contributed by atoms with van der Waals surface area (Å²) >= 11 is 0. The predicted molar refractivity (Wildman–Crippen MR) is 91.1 cm³/mol. The number of amides is 1. The fourth-order valence-electron chi connectivity index (χ4n) is 3.76. The van der Waals surface area contributed by atoms with E-state index in [1.807, 2.05) is 30.1 Å². The Hall–Kier alpha value is -1.65. The highest BCUT2D eigenvalue weighted by Crippen LogP contribution is 2.42. The summed E-state index contributed by atoms with van der Waals surface area (Å²) in [6.07, 6.45) is 3.18. The molecule has 0 radical (unpaired) electrons. The number of fused-ring (bicyclic) bond motifs is 1. The maximum Gasteiger partial charge on any atom is 0.249 e. The van der Waals surface area contributed by atoms with Gasteiger partial charge in [0.15, 0.2) is 0 Å². The lowest BCUT2D eigenvalue weighted by atomic mass is 9.76. The highest BCUT2D eigenvalue weighted by molar-refractivity contribution is 5.79. The molecule has 0 bridgehead atoms. The summed E-state index contributed by atoms with van der Waals surface area (Å²) < 4.78 is 6.01. The first kappa shape index (κ1) is 16.2. The number of piperidine rings is 1. The summed E-state index contributed by atoms with van der Waals surface area (Å²) in [7, 11) is 1.93. The van der Waals surface area contributed by atoms with Crippen LogP contribution in [0.5, 0.6) is 0 Å². The van der Waals surface area contributed by atoms with Crippen LogP contribution in [0.15, 0.2) is 42.0 Å². The largest absolute Gasteiger partial charge is 0.364 e. The van der Waals surface area contributed by atoms with Gasteiger partial charge in [-0.3, -0.25) is 9.69 Å². The molecule has 0 aromatic heterocycles. The zero-order chi connectivity index (χ0) is 16.4. The predicted octanol–water partition coefficient (Wildman–Crippen LogP) is 2.41. The zero-order valence-corrected chi connectivity index (χ0v) is 14.3. The van der Waals surface area contributed by atoms with Crippen LogP contribution in [-0.4, -0.2) is 55.1 Å². The second kappa shape index (κ2) is 6.46. The van der Waals surface area contributed by atoms with Crippen LogP contribution in [0.4, 0.5) is 0 Å². The molecule has 3 rings (SSSR count). The molecule has 2 aliphatic heterocycles. The molecule has 0 spiro atoms. The van der Waals surface area contributed by atoms with E-state index in [0.29, 0.717) is 0 Å². The second-order valence-electron chi connectivity index (χ2n) is 6.83. The fourth-order valence-corrected chi connectivity index (χ4v) is 3.76. The van der Waals surface area contributed by atoms with Gasteiger partial charge in [-0.25, -0.2) is 0 Å². The molecule has 2 saturated heterocycles. The zero-order valence-electron chi connectivity index (χ0n) is 14.3. The van der Waals surface area contributed by atoms with Crippen molar-refractivity contribution < 1.29 is 9.53 Å². The summed E-state index contributed by atoms with van der Waals surface area (Å²) in [4.78, 5) is 16.6. The molecule has 1 amide bonds. The molecule has 0 unspecified atom stereocenters. The Bertz CT molecular complexity index is 595. The van der Waals surface area contributed by atoms with Crippen molar-refractivity contribution in [3.05, 3.63) is 47.5 Å². The molecular weight excluding hydrogens is 288 g/mol. The monoisotopic (exact) mass is 314 g/mol. The standard InChI is InChI=1S/C19H26N2O2/c1-15(2)9-11-21-12-10-19(16-7-5-4-6-8-16)17(13-21)23-14-18(22)20(19)3/h4-9,17H,10-14H2,1-3H3/t17-,19+/m1/s1. The van der Waals surface area contributed by atoms with Crippen molar-refractivity contribution in [1.82, 2.24) is 9.80 Å². The van der Waals surface area contributed by atoms with Crippen molar-refractivity contribution in [2.45, 2.75) is 31.9 Å². The number of morpholine rings is 1. The number of carbonyl (C=O) groups excluding carboxylic acids is 1. The van der Waals surface area contributed by atoms with E-state index in [-0.39, 0.29) is 24.2 Å². The minimum atomic E-state index is -0.335. The smallest absolute Gasteiger partial charge is 0.249 e. The van der Waals surface area contributed by atoms with Gasteiger partial charge in [0.1, 0.15) is 6.61 Å². The third-order valence-corrected chi connectivity index (χ3v) is 5.18. The van der Waals surface area contributed by atoms with Gasteiger partial charge in [0.2, 0.25) is 5.91 Å². The Balaban J connectivity index is 1.90. The topological polar surface area (TPSA) is 32.8 Å². The number of likely N-dealkylation sites (N-methyl/N-ethyl adjacent to an activating group) is 1. The van der Waals surface area contributed by atoms with Crippen molar-refractivity contribution in [2.24, 2.45) is 0 Å². The fraction of sp³-hybridized carbons (Fsp3) is 0.526. The van der Waals surface area contributed by atoms with Crippen LogP contribution >= 0.6 is 0 Å². The molecule has 0 aliphatic carbocycles. The van der Waals surface area contributed by atoms with Crippen LogP contribution in [0.3, 0.4) is 0 Å². The molecule has 1 aromatic rings. The molecule has 4 heteroatoms. The van der Waals surface area contributed by atoms with Crippen LogP contribution in [-0.2, 0) is 15.1 Å². The van der Waals surface area contributed by atoms with Gasteiger partial charge in [-0.2, -0.15) is 0 Å². The average molecular weight is 314 g/mol. The van der Waals surface area contributed by atoms with Crippen LogP contribution in [0.2, 0.25) is 0 Å². The normalized spacial score (nSPS) is 28.4. The quantitative estimate of drug-likeness (QED) is 0.803.